The van der Waals surface area contributed by atoms with Gasteiger partial charge in [0.15, 0.2) is 5.96 Å². The second kappa shape index (κ2) is 12.7. The van der Waals surface area contributed by atoms with Crippen LogP contribution < -0.4 is 15.5 Å². The van der Waals surface area contributed by atoms with Crippen molar-refractivity contribution < 1.29 is 9.13 Å². The van der Waals surface area contributed by atoms with Gasteiger partial charge < -0.3 is 20.3 Å². The van der Waals surface area contributed by atoms with E-state index in [1.165, 1.54) is 17.3 Å². The number of anilines is 1. The molecule has 1 heterocycles. The van der Waals surface area contributed by atoms with Crippen LogP contribution in [0.1, 0.15) is 23.6 Å². The first-order valence-corrected chi connectivity index (χ1v) is 10.3. The molecule has 2 aromatic rings. The number of ether oxygens (including phenoxy) is 1. The van der Waals surface area contributed by atoms with Crippen LogP contribution in [0.2, 0.25) is 0 Å². The van der Waals surface area contributed by atoms with Crippen molar-refractivity contribution in [2.45, 2.75) is 26.8 Å². The van der Waals surface area contributed by atoms with E-state index in [-0.39, 0.29) is 29.8 Å². The molecule has 1 saturated heterocycles. The fourth-order valence-corrected chi connectivity index (χ4v) is 3.52. The molecule has 0 atom stereocenters. The topological polar surface area (TPSA) is 48.9 Å². The summed E-state index contributed by atoms with van der Waals surface area (Å²) < 4.78 is 18.7. The van der Waals surface area contributed by atoms with E-state index in [1.54, 1.807) is 6.07 Å². The van der Waals surface area contributed by atoms with Gasteiger partial charge in [-0.1, -0.05) is 24.3 Å². The van der Waals surface area contributed by atoms with E-state index >= 15 is 0 Å². The van der Waals surface area contributed by atoms with Crippen LogP contribution in [0.5, 0.6) is 0 Å². The van der Waals surface area contributed by atoms with Crippen LogP contribution >= 0.6 is 24.0 Å². The molecule has 3 rings (SSSR count). The van der Waals surface area contributed by atoms with Crippen LogP contribution in [-0.4, -0.2) is 45.4 Å². The summed E-state index contributed by atoms with van der Waals surface area (Å²) in [6, 6.07) is 13.4. The van der Waals surface area contributed by atoms with Crippen LogP contribution in [0.3, 0.4) is 0 Å². The van der Waals surface area contributed by atoms with Gasteiger partial charge in [0.2, 0.25) is 0 Å². The second-order valence-electron chi connectivity index (χ2n) is 7.17. The number of morpholine rings is 1. The van der Waals surface area contributed by atoms with E-state index in [0.717, 1.165) is 62.9 Å². The van der Waals surface area contributed by atoms with Gasteiger partial charge in [0.1, 0.15) is 5.82 Å². The SMILES string of the molecule is CCNC(=NCc1ccccc1N1CCOCC1)NCCc1ccc(F)cc1C.I. The minimum Gasteiger partial charge on any atom is -0.378 e. The van der Waals surface area contributed by atoms with Crippen molar-refractivity contribution in [3.8, 4) is 0 Å². The molecule has 0 bridgehead atoms. The lowest BCUT2D eigenvalue weighted by Gasteiger charge is -2.30. The number of benzene rings is 2. The Balaban J connectivity index is 0.00000320. The third kappa shape index (κ3) is 7.12. The van der Waals surface area contributed by atoms with E-state index in [9.17, 15) is 4.39 Å². The number of hydrogen-bond donors (Lipinski definition) is 2. The van der Waals surface area contributed by atoms with Crippen molar-refractivity contribution >= 4 is 35.6 Å². The molecule has 7 heteroatoms. The van der Waals surface area contributed by atoms with E-state index in [0.29, 0.717) is 6.54 Å². The quantitative estimate of drug-likeness (QED) is 0.327. The summed E-state index contributed by atoms with van der Waals surface area (Å²) in [6.45, 7) is 9.51. The molecule has 5 nitrogen and oxygen atoms in total. The molecule has 0 spiro atoms. The molecule has 1 aliphatic heterocycles. The molecular weight excluding hydrogens is 494 g/mol. The summed E-state index contributed by atoms with van der Waals surface area (Å²) in [6.07, 6.45) is 0.820. The summed E-state index contributed by atoms with van der Waals surface area (Å²) in [7, 11) is 0. The molecule has 0 radical (unpaired) electrons. The molecule has 0 aromatic heterocycles. The van der Waals surface area contributed by atoms with Gasteiger partial charge in [0, 0.05) is 31.9 Å². The fourth-order valence-electron chi connectivity index (χ4n) is 3.52. The summed E-state index contributed by atoms with van der Waals surface area (Å²) in [5.74, 6) is 0.608. The summed E-state index contributed by atoms with van der Waals surface area (Å²) in [5, 5.41) is 6.70. The largest absolute Gasteiger partial charge is 0.378 e. The first-order chi connectivity index (χ1) is 14.2. The molecule has 2 aromatic carbocycles. The number of hydrogen-bond acceptors (Lipinski definition) is 3. The molecule has 0 aliphatic carbocycles. The van der Waals surface area contributed by atoms with Gasteiger partial charge in [-0.3, -0.25) is 0 Å². The number of rotatable bonds is 7. The molecule has 1 fully saturated rings. The van der Waals surface area contributed by atoms with Crippen molar-refractivity contribution in [1.29, 1.82) is 0 Å². The number of guanidine groups is 1. The highest BCUT2D eigenvalue weighted by Gasteiger charge is 2.14. The molecule has 30 heavy (non-hydrogen) atoms. The van der Waals surface area contributed by atoms with Crippen LogP contribution in [-0.2, 0) is 17.7 Å². The zero-order chi connectivity index (χ0) is 20.5. The zero-order valence-electron chi connectivity index (χ0n) is 17.8. The predicted octanol–water partition coefficient (Wildman–Crippen LogP) is 3.89. The van der Waals surface area contributed by atoms with Crippen LogP contribution in [0, 0.1) is 12.7 Å². The van der Waals surface area contributed by atoms with Crippen molar-refractivity contribution in [2.24, 2.45) is 4.99 Å². The smallest absolute Gasteiger partial charge is 0.191 e. The average Bonchev–Trinajstić information content (AvgIpc) is 2.74. The highest BCUT2D eigenvalue weighted by molar-refractivity contribution is 14.0. The van der Waals surface area contributed by atoms with E-state index < -0.39 is 0 Å². The van der Waals surface area contributed by atoms with Gasteiger partial charge in [-0.05, 0) is 55.2 Å². The number of aryl methyl sites for hydroxylation is 1. The Labute approximate surface area is 196 Å². The van der Waals surface area contributed by atoms with Gasteiger partial charge in [-0.2, -0.15) is 0 Å². The van der Waals surface area contributed by atoms with Gasteiger partial charge in [-0.25, -0.2) is 9.38 Å². The summed E-state index contributed by atoms with van der Waals surface area (Å²) >= 11 is 0. The lowest BCUT2D eigenvalue weighted by atomic mass is 10.1. The molecule has 0 saturated carbocycles. The van der Waals surface area contributed by atoms with Crippen LogP contribution in [0.25, 0.3) is 0 Å². The van der Waals surface area contributed by atoms with Crippen molar-refractivity contribution in [2.75, 3.05) is 44.3 Å². The second-order valence-corrected chi connectivity index (χ2v) is 7.17. The fraction of sp³-hybridized carbons (Fsp3) is 0.435. The van der Waals surface area contributed by atoms with Gasteiger partial charge in [0.25, 0.3) is 0 Å². The minimum atomic E-state index is -0.187. The first kappa shape index (κ1) is 24.4. The molecule has 0 unspecified atom stereocenters. The monoisotopic (exact) mass is 526 g/mol. The maximum Gasteiger partial charge on any atom is 0.191 e. The highest BCUT2D eigenvalue weighted by Crippen LogP contribution is 2.22. The molecular formula is C23H32FIN4O. The normalized spacial score (nSPS) is 14.2. The zero-order valence-corrected chi connectivity index (χ0v) is 20.1. The summed E-state index contributed by atoms with van der Waals surface area (Å²) in [4.78, 5) is 7.15. The van der Waals surface area contributed by atoms with E-state index in [1.807, 2.05) is 13.0 Å². The maximum absolute atomic E-state index is 13.3. The van der Waals surface area contributed by atoms with Gasteiger partial charge >= 0.3 is 0 Å². The van der Waals surface area contributed by atoms with E-state index in [2.05, 4.69) is 46.7 Å². The summed E-state index contributed by atoms with van der Waals surface area (Å²) in [5.41, 5.74) is 4.57. The number of nitrogens with zero attached hydrogens (tertiary/aromatic N) is 2. The lowest BCUT2D eigenvalue weighted by molar-refractivity contribution is 0.122. The highest BCUT2D eigenvalue weighted by atomic mass is 127. The molecule has 0 amide bonds. The van der Waals surface area contributed by atoms with Crippen molar-refractivity contribution in [3.05, 3.63) is 65.0 Å². The average molecular weight is 526 g/mol. The van der Waals surface area contributed by atoms with Crippen LogP contribution in [0.15, 0.2) is 47.5 Å². The Kier molecular flexibility index (Phi) is 10.4. The maximum atomic E-state index is 13.3. The molecule has 164 valence electrons. The number of halogens is 2. The van der Waals surface area contributed by atoms with Gasteiger partial charge in [0.05, 0.1) is 19.8 Å². The van der Waals surface area contributed by atoms with Gasteiger partial charge in [-0.15, -0.1) is 24.0 Å². The Hall–Kier alpha value is -1.87. The predicted molar refractivity (Wildman–Crippen MR) is 133 cm³/mol. The van der Waals surface area contributed by atoms with Crippen molar-refractivity contribution in [1.82, 2.24) is 10.6 Å². The Bertz CT molecular complexity index is 825. The van der Waals surface area contributed by atoms with E-state index in [4.69, 9.17) is 9.73 Å². The lowest BCUT2D eigenvalue weighted by Crippen LogP contribution is -2.38. The standard InChI is InChI=1S/C23H31FN4O.HI/c1-3-25-23(26-11-10-19-8-9-21(24)16-18(19)2)27-17-20-6-4-5-7-22(20)28-12-14-29-15-13-28;/h4-9,16H,3,10-15,17H2,1-2H3,(H2,25,26,27);1H. The third-order valence-electron chi connectivity index (χ3n) is 5.09. The number of para-hydroxylation sites is 1. The molecule has 2 N–H and O–H groups in total. The first-order valence-electron chi connectivity index (χ1n) is 10.3. The van der Waals surface area contributed by atoms with Crippen molar-refractivity contribution in [3.63, 3.8) is 0 Å². The Morgan fingerprint density at radius 1 is 1.10 bits per heavy atom. The molecule has 1 aliphatic rings. The third-order valence-corrected chi connectivity index (χ3v) is 5.09. The number of nitrogens with one attached hydrogen (secondary N) is 2. The minimum absolute atomic E-state index is 0. The number of aliphatic imine (C=N–C) groups is 1. The van der Waals surface area contributed by atoms with Crippen LogP contribution in [0.4, 0.5) is 10.1 Å². The Morgan fingerprint density at radius 3 is 2.60 bits per heavy atom. The Morgan fingerprint density at radius 2 is 1.87 bits per heavy atom.